The van der Waals surface area contributed by atoms with Crippen molar-refractivity contribution >= 4 is 11.8 Å². The van der Waals surface area contributed by atoms with Gasteiger partial charge in [-0.25, -0.2) is 0 Å². The normalized spacial score (nSPS) is 27.8. The lowest BCUT2D eigenvalue weighted by Crippen LogP contribution is -2.42. The Morgan fingerprint density at radius 2 is 1.97 bits per heavy atom. The molecule has 4 atom stereocenters. The number of hydrogen-bond acceptors (Lipinski definition) is 4. The summed E-state index contributed by atoms with van der Waals surface area (Å²) in [5, 5.41) is 29.7. The van der Waals surface area contributed by atoms with Gasteiger partial charge in [0.1, 0.15) is 5.78 Å². The Morgan fingerprint density at radius 1 is 1.24 bits per heavy atom. The summed E-state index contributed by atoms with van der Waals surface area (Å²) in [5.74, 6) is -0.590. The summed E-state index contributed by atoms with van der Waals surface area (Å²) in [6, 6.07) is 0. The maximum Gasteiger partial charge on any atom is 0.303 e. The lowest BCUT2D eigenvalue weighted by atomic mass is 9.60. The van der Waals surface area contributed by atoms with Gasteiger partial charge < -0.3 is 15.3 Å². The second kappa shape index (κ2) is 11.1. The van der Waals surface area contributed by atoms with Crippen LogP contribution in [0.1, 0.15) is 78.1 Å². The first kappa shape index (κ1) is 23.8. The SMILES string of the molecule is CC(C)CC1(C(O)CC=C[C@H]2C(O)CC(=O)[C@@H]2CC=CCCCC(=O)O)CCC1. The zero-order valence-corrected chi connectivity index (χ0v) is 17.9. The molecule has 0 aliphatic heterocycles. The fourth-order valence-electron chi connectivity index (χ4n) is 4.99. The Labute approximate surface area is 174 Å². The second-order valence-electron chi connectivity index (χ2n) is 9.41. The van der Waals surface area contributed by atoms with E-state index >= 15 is 0 Å². The summed E-state index contributed by atoms with van der Waals surface area (Å²) in [6.45, 7) is 4.39. The number of rotatable bonds is 12. The van der Waals surface area contributed by atoms with E-state index in [1.165, 1.54) is 6.42 Å². The molecule has 0 aromatic carbocycles. The number of aliphatic carboxylic acids is 1. The van der Waals surface area contributed by atoms with Gasteiger partial charge in [-0.05, 0) is 56.3 Å². The number of carboxylic acids is 1. The van der Waals surface area contributed by atoms with Crippen molar-refractivity contribution < 1.29 is 24.9 Å². The quantitative estimate of drug-likeness (QED) is 0.332. The number of carboxylic acid groups (broad SMARTS) is 1. The van der Waals surface area contributed by atoms with Crippen LogP contribution in [0, 0.1) is 23.2 Å². The summed E-state index contributed by atoms with van der Waals surface area (Å²) >= 11 is 0. The van der Waals surface area contributed by atoms with Crippen LogP contribution < -0.4 is 0 Å². The van der Waals surface area contributed by atoms with Crippen molar-refractivity contribution in [1.29, 1.82) is 0 Å². The van der Waals surface area contributed by atoms with Gasteiger partial charge in [-0.2, -0.15) is 0 Å². The maximum absolute atomic E-state index is 12.3. The van der Waals surface area contributed by atoms with Crippen LogP contribution in [-0.4, -0.2) is 39.3 Å². The molecule has 0 saturated heterocycles. The molecule has 0 spiro atoms. The first-order chi connectivity index (χ1) is 13.7. The van der Waals surface area contributed by atoms with Gasteiger partial charge in [0, 0.05) is 24.7 Å². The summed E-state index contributed by atoms with van der Waals surface area (Å²) < 4.78 is 0. The number of aliphatic hydroxyl groups is 2. The van der Waals surface area contributed by atoms with E-state index in [1.807, 2.05) is 24.3 Å². The standard InChI is InChI=1S/C24H38O5/c1-17(2)16-24(13-8-14-24)22(27)11-7-10-19-18(20(25)15-21(19)26)9-5-3-4-6-12-23(28)29/h3,5,7,10,17-19,21-22,26-27H,4,6,8-9,11-16H2,1-2H3,(H,28,29)/t18-,19-,21?,22?/m1/s1. The summed E-state index contributed by atoms with van der Waals surface area (Å²) in [5.41, 5.74) is 0.0424. The molecule has 0 aromatic heterocycles. The third-order valence-electron chi connectivity index (χ3n) is 6.64. The average Bonchev–Trinajstić information content (AvgIpc) is 2.87. The lowest BCUT2D eigenvalue weighted by molar-refractivity contribution is -0.137. The molecule has 0 heterocycles. The third kappa shape index (κ3) is 6.78. The molecule has 3 N–H and O–H groups in total. The third-order valence-corrected chi connectivity index (χ3v) is 6.64. The highest BCUT2D eigenvalue weighted by Gasteiger charge is 2.43. The summed E-state index contributed by atoms with van der Waals surface area (Å²) in [7, 11) is 0. The molecule has 5 heteroatoms. The van der Waals surface area contributed by atoms with Gasteiger partial charge in [0.2, 0.25) is 0 Å². The fourth-order valence-corrected chi connectivity index (χ4v) is 4.99. The van der Waals surface area contributed by atoms with Crippen molar-refractivity contribution in [1.82, 2.24) is 0 Å². The Hall–Kier alpha value is -1.46. The minimum atomic E-state index is -0.794. The van der Waals surface area contributed by atoms with Gasteiger partial charge in [0.15, 0.2) is 0 Å². The molecule has 2 rings (SSSR count). The number of hydrogen-bond donors (Lipinski definition) is 3. The highest BCUT2D eigenvalue weighted by molar-refractivity contribution is 5.84. The van der Waals surface area contributed by atoms with Crippen LogP contribution in [0.3, 0.4) is 0 Å². The van der Waals surface area contributed by atoms with Crippen molar-refractivity contribution in [3.63, 3.8) is 0 Å². The fraction of sp³-hybridized carbons (Fsp3) is 0.750. The molecule has 2 saturated carbocycles. The van der Waals surface area contributed by atoms with E-state index in [0.29, 0.717) is 31.6 Å². The Bertz CT molecular complexity index is 602. The molecule has 2 aliphatic carbocycles. The van der Waals surface area contributed by atoms with Crippen molar-refractivity contribution in [3.8, 4) is 0 Å². The number of Topliss-reactive ketones (excluding diaryl/α,β-unsaturated/α-hetero) is 1. The van der Waals surface area contributed by atoms with E-state index in [9.17, 15) is 19.8 Å². The van der Waals surface area contributed by atoms with E-state index in [0.717, 1.165) is 19.3 Å². The minimum absolute atomic E-state index is 0.0424. The van der Waals surface area contributed by atoms with Gasteiger partial charge in [-0.15, -0.1) is 0 Å². The van der Waals surface area contributed by atoms with Gasteiger partial charge >= 0.3 is 5.97 Å². The molecule has 0 aromatic rings. The topological polar surface area (TPSA) is 94.8 Å². The monoisotopic (exact) mass is 406 g/mol. The molecule has 5 nitrogen and oxygen atoms in total. The Morgan fingerprint density at radius 3 is 2.55 bits per heavy atom. The van der Waals surface area contributed by atoms with E-state index in [1.54, 1.807) is 0 Å². The highest BCUT2D eigenvalue weighted by atomic mass is 16.4. The highest BCUT2D eigenvalue weighted by Crippen LogP contribution is 2.49. The molecule has 0 amide bonds. The number of carbonyl (C=O) groups is 2. The van der Waals surface area contributed by atoms with Crippen LogP contribution in [0.5, 0.6) is 0 Å². The molecule has 2 unspecified atom stereocenters. The molecular formula is C24H38O5. The van der Waals surface area contributed by atoms with Crippen LogP contribution in [0.25, 0.3) is 0 Å². The molecule has 0 bridgehead atoms. The molecule has 2 aliphatic rings. The number of carbonyl (C=O) groups excluding carboxylic acids is 1. The minimum Gasteiger partial charge on any atom is -0.481 e. The smallest absolute Gasteiger partial charge is 0.303 e. The molecule has 0 radical (unpaired) electrons. The van der Waals surface area contributed by atoms with Crippen LogP contribution in [0.4, 0.5) is 0 Å². The zero-order valence-electron chi connectivity index (χ0n) is 17.9. The average molecular weight is 407 g/mol. The number of aliphatic hydroxyl groups excluding tert-OH is 2. The van der Waals surface area contributed by atoms with E-state index in [4.69, 9.17) is 5.11 Å². The molecule has 29 heavy (non-hydrogen) atoms. The number of ketones is 1. The van der Waals surface area contributed by atoms with Crippen molar-refractivity contribution in [2.75, 3.05) is 0 Å². The Balaban J connectivity index is 1.87. The van der Waals surface area contributed by atoms with Crippen LogP contribution in [-0.2, 0) is 9.59 Å². The van der Waals surface area contributed by atoms with E-state index in [-0.39, 0.29) is 42.0 Å². The van der Waals surface area contributed by atoms with Gasteiger partial charge in [0.05, 0.1) is 12.2 Å². The van der Waals surface area contributed by atoms with Crippen molar-refractivity contribution in [3.05, 3.63) is 24.3 Å². The summed E-state index contributed by atoms with van der Waals surface area (Å²) in [4.78, 5) is 22.8. The molecule has 2 fully saturated rings. The second-order valence-corrected chi connectivity index (χ2v) is 9.41. The largest absolute Gasteiger partial charge is 0.481 e. The van der Waals surface area contributed by atoms with Crippen molar-refractivity contribution in [2.45, 2.75) is 90.3 Å². The zero-order chi connectivity index (χ0) is 21.4. The van der Waals surface area contributed by atoms with E-state index in [2.05, 4.69) is 13.8 Å². The Kier molecular flexibility index (Phi) is 9.09. The van der Waals surface area contributed by atoms with Crippen molar-refractivity contribution in [2.24, 2.45) is 23.2 Å². The number of allylic oxidation sites excluding steroid dienone is 2. The molecule has 164 valence electrons. The van der Waals surface area contributed by atoms with Crippen LogP contribution in [0.15, 0.2) is 24.3 Å². The van der Waals surface area contributed by atoms with Gasteiger partial charge in [-0.1, -0.05) is 44.6 Å². The maximum atomic E-state index is 12.3. The predicted octanol–water partition coefficient (Wildman–Crippen LogP) is 4.28. The first-order valence-corrected chi connectivity index (χ1v) is 11.2. The van der Waals surface area contributed by atoms with Crippen LogP contribution >= 0.6 is 0 Å². The number of unbranched alkanes of at least 4 members (excludes halogenated alkanes) is 1. The van der Waals surface area contributed by atoms with Crippen LogP contribution in [0.2, 0.25) is 0 Å². The predicted molar refractivity (Wildman–Crippen MR) is 113 cm³/mol. The van der Waals surface area contributed by atoms with E-state index < -0.39 is 12.1 Å². The van der Waals surface area contributed by atoms with Gasteiger partial charge in [-0.3, -0.25) is 9.59 Å². The lowest BCUT2D eigenvalue weighted by Gasteiger charge is -2.46. The summed E-state index contributed by atoms with van der Waals surface area (Å²) in [6.07, 6.45) is 13.9. The molecular weight excluding hydrogens is 368 g/mol. The van der Waals surface area contributed by atoms with Gasteiger partial charge in [0.25, 0.3) is 0 Å². The first-order valence-electron chi connectivity index (χ1n) is 11.2.